The van der Waals surface area contributed by atoms with Gasteiger partial charge in [-0.25, -0.2) is 0 Å². The molecule has 4 rings (SSSR count). The maximum absolute atomic E-state index is 12.3. The molecule has 2 aliphatic rings. The quantitative estimate of drug-likeness (QED) is 0.817. The molecule has 1 amide bonds. The van der Waals surface area contributed by atoms with Crippen LogP contribution in [0.3, 0.4) is 0 Å². The molecule has 0 bridgehead atoms. The number of hydrogen-bond donors (Lipinski definition) is 2. The Morgan fingerprint density at radius 1 is 1.12 bits per heavy atom. The van der Waals surface area contributed by atoms with Crippen molar-refractivity contribution in [2.45, 2.75) is 25.5 Å². The molecule has 1 saturated heterocycles. The zero-order valence-corrected chi connectivity index (χ0v) is 14.3. The molecule has 6 nitrogen and oxygen atoms in total. The summed E-state index contributed by atoms with van der Waals surface area (Å²) in [5, 5.41) is 12.7. The topological polar surface area (TPSA) is 77.0 Å². The van der Waals surface area contributed by atoms with Gasteiger partial charge >= 0.3 is 7.12 Å². The molecule has 1 fully saturated rings. The van der Waals surface area contributed by atoms with Crippen molar-refractivity contribution in [1.82, 2.24) is 5.32 Å². The largest absolute Gasteiger partial charge is 0.491 e. The summed E-state index contributed by atoms with van der Waals surface area (Å²) in [6.07, 6.45) is 1.70. The third kappa shape index (κ3) is 3.75. The van der Waals surface area contributed by atoms with Crippen LogP contribution in [0.25, 0.3) is 0 Å². The molecular formula is C19H20BNO5. The molecule has 26 heavy (non-hydrogen) atoms. The highest BCUT2D eigenvalue weighted by molar-refractivity contribution is 6.61. The molecule has 0 unspecified atom stereocenters. The van der Waals surface area contributed by atoms with E-state index in [4.69, 9.17) is 14.1 Å². The van der Waals surface area contributed by atoms with E-state index in [1.165, 1.54) is 0 Å². The minimum Gasteiger partial charge on any atom is -0.457 e. The molecule has 0 aliphatic carbocycles. The molecule has 0 radical (unpaired) electrons. The molecule has 0 spiro atoms. The summed E-state index contributed by atoms with van der Waals surface area (Å²) in [4.78, 5) is 12.3. The third-order valence-electron chi connectivity index (χ3n) is 4.69. The first-order valence-electron chi connectivity index (χ1n) is 8.78. The fraction of sp³-hybridized carbons (Fsp3) is 0.316. The van der Waals surface area contributed by atoms with Gasteiger partial charge < -0.3 is 24.5 Å². The number of carbonyl (C=O) groups is 1. The Labute approximate surface area is 152 Å². The van der Waals surface area contributed by atoms with Crippen LogP contribution in [-0.2, 0) is 16.0 Å². The average molecular weight is 353 g/mol. The summed E-state index contributed by atoms with van der Waals surface area (Å²) >= 11 is 0. The Morgan fingerprint density at radius 2 is 1.85 bits per heavy atom. The summed E-state index contributed by atoms with van der Waals surface area (Å²) in [6, 6.07) is 12.7. The lowest BCUT2D eigenvalue weighted by atomic mass is 9.80. The van der Waals surface area contributed by atoms with Crippen LogP contribution in [0.1, 0.15) is 28.8 Å². The van der Waals surface area contributed by atoms with E-state index in [0.29, 0.717) is 36.9 Å². The highest BCUT2D eigenvalue weighted by Crippen LogP contribution is 2.24. The smallest absolute Gasteiger partial charge is 0.457 e. The number of benzene rings is 2. The molecule has 134 valence electrons. The minimum absolute atomic E-state index is 0.0767. The van der Waals surface area contributed by atoms with Gasteiger partial charge in [0, 0.05) is 24.8 Å². The first-order chi connectivity index (χ1) is 12.7. The maximum atomic E-state index is 12.3. The van der Waals surface area contributed by atoms with Crippen molar-refractivity contribution in [2.24, 2.45) is 0 Å². The highest BCUT2D eigenvalue weighted by atomic mass is 16.5. The van der Waals surface area contributed by atoms with Gasteiger partial charge in [0.15, 0.2) is 0 Å². The van der Waals surface area contributed by atoms with Crippen molar-refractivity contribution in [3.05, 3.63) is 53.6 Å². The third-order valence-corrected chi connectivity index (χ3v) is 4.69. The maximum Gasteiger partial charge on any atom is 0.491 e. The van der Waals surface area contributed by atoms with E-state index in [-0.39, 0.29) is 11.9 Å². The number of carbonyl (C=O) groups excluding carboxylic acids is 1. The van der Waals surface area contributed by atoms with Gasteiger partial charge in [-0.1, -0.05) is 6.07 Å². The van der Waals surface area contributed by atoms with Gasteiger partial charge in [-0.3, -0.25) is 4.79 Å². The summed E-state index contributed by atoms with van der Waals surface area (Å²) in [5.41, 5.74) is 2.30. The number of nitrogens with one attached hydrogen (secondary N) is 1. The summed E-state index contributed by atoms with van der Waals surface area (Å²) in [6.45, 7) is 1.76. The Hall–Kier alpha value is -2.35. The highest BCUT2D eigenvalue weighted by Gasteiger charge is 2.27. The molecule has 2 aromatic rings. The van der Waals surface area contributed by atoms with Gasteiger partial charge in [0.05, 0.1) is 6.61 Å². The zero-order valence-electron chi connectivity index (χ0n) is 14.3. The molecule has 2 N–H and O–H groups in total. The van der Waals surface area contributed by atoms with Gasteiger partial charge in [0.2, 0.25) is 0 Å². The van der Waals surface area contributed by atoms with Crippen LogP contribution in [0, 0.1) is 0 Å². The van der Waals surface area contributed by atoms with Crippen LogP contribution in [0.4, 0.5) is 0 Å². The lowest BCUT2D eigenvalue weighted by Gasteiger charge is -2.23. The van der Waals surface area contributed by atoms with E-state index in [9.17, 15) is 9.82 Å². The Bertz CT molecular complexity index is 789. The zero-order chi connectivity index (χ0) is 17.9. The van der Waals surface area contributed by atoms with E-state index in [0.717, 1.165) is 23.9 Å². The first kappa shape index (κ1) is 17.1. The van der Waals surface area contributed by atoms with Gasteiger partial charge in [0.25, 0.3) is 5.91 Å². The molecule has 0 atom stereocenters. The molecular weight excluding hydrogens is 333 g/mol. The summed E-state index contributed by atoms with van der Waals surface area (Å²) in [7, 11) is -0.854. The molecule has 0 saturated carbocycles. The van der Waals surface area contributed by atoms with Crippen LogP contribution in [0.5, 0.6) is 11.5 Å². The van der Waals surface area contributed by atoms with Gasteiger partial charge in [-0.2, -0.15) is 0 Å². The Morgan fingerprint density at radius 3 is 2.62 bits per heavy atom. The first-order valence-corrected chi connectivity index (χ1v) is 8.78. The van der Waals surface area contributed by atoms with Crippen LogP contribution >= 0.6 is 0 Å². The number of rotatable bonds is 4. The Balaban J connectivity index is 1.39. The standard InChI is InChI=1S/C19H20BNO5/c22-19(21-15-7-9-24-10-8-15)13-1-3-16(4-2-13)26-17-5-6-18-14(11-17)12-25-20(18)23/h1-6,11,15,23H,7-10,12H2,(H,21,22). The fourth-order valence-electron chi connectivity index (χ4n) is 3.19. The van der Waals surface area contributed by atoms with Gasteiger partial charge in [-0.15, -0.1) is 0 Å². The molecule has 2 aliphatic heterocycles. The van der Waals surface area contributed by atoms with Crippen molar-refractivity contribution < 1.29 is 23.9 Å². The number of ether oxygens (including phenoxy) is 2. The van der Waals surface area contributed by atoms with Crippen molar-refractivity contribution in [2.75, 3.05) is 13.2 Å². The Kier molecular flexibility index (Phi) is 4.92. The average Bonchev–Trinajstić information content (AvgIpc) is 3.03. The second kappa shape index (κ2) is 7.49. The normalized spacial score (nSPS) is 17.0. The SMILES string of the molecule is O=C(NC1CCOCC1)c1ccc(Oc2ccc3c(c2)COB3O)cc1. The van der Waals surface area contributed by atoms with Crippen molar-refractivity contribution in [3.8, 4) is 11.5 Å². The van der Waals surface area contributed by atoms with Gasteiger partial charge in [0.1, 0.15) is 11.5 Å². The van der Waals surface area contributed by atoms with Crippen molar-refractivity contribution >= 4 is 18.5 Å². The molecule has 0 aromatic heterocycles. The van der Waals surface area contributed by atoms with E-state index in [1.54, 1.807) is 36.4 Å². The monoisotopic (exact) mass is 353 g/mol. The van der Waals surface area contributed by atoms with Gasteiger partial charge in [-0.05, 0) is 60.3 Å². The van der Waals surface area contributed by atoms with E-state index in [1.807, 2.05) is 6.07 Å². The summed E-state index contributed by atoms with van der Waals surface area (Å²) < 4.78 is 16.3. The summed E-state index contributed by atoms with van der Waals surface area (Å²) in [5.74, 6) is 1.24. The second-order valence-electron chi connectivity index (χ2n) is 6.51. The van der Waals surface area contributed by atoms with Crippen LogP contribution in [0.15, 0.2) is 42.5 Å². The molecule has 2 aromatic carbocycles. The van der Waals surface area contributed by atoms with Crippen LogP contribution < -0.4 is 15.5 Å². The van der Waals surface area contributed by atoms with Crippen molar-refractivity contribution in [1.29, 1.82) is 0 Å². The lowest BCUT2D eigenvalue weighted by molar-refractivity contribution is 0.0696. The van der Waals surface area contributed by atoms with Crippen LogP contribution in [0.2, 0.25) is 0 Å². The van der Waals surface area contributed by atoms with E-state index in [2.05, 4.69) is 5.32 Å². The van der Waals surface area contributed by atoms with E-state index >= 15 is 0 Å². The molecule has 7 heteroatoms. The molecule has 2 heterocycles. The number of hydrogen-bond acceptors (Lipinski definition) is 5. The van der Waals surface area contributed by atoms with Crippen LogP contribution in [-0.4, -0.2) is 37.3 Å². The minimum atomic E-state index is -0.854. The number of amides is 1. The van der Waals surface area contributed by atoms with E-state index < -0.39 is 7.12 Å². The predicted octanol–water partition coefficient (Wildman–Crippen LogP) is 1.61. The second-order valence-corrected chi connectivity index (χ2v) is 6.51. The lowest BCUT2D eigenvalue weighted by Crippen LogP contribution is -2.38. The fourth-order valence-corrected chi connectivity index (χ4v) is 3.19. The number of fused-ring (bicyclic) bond motifs is 1. The predicted molar refractivity (Wildman–Crippen MR) is 96.7 cm³/mol. The van der Waals surface area contributed by atoms with Crippen molar-refractivity contribution in [3.63, 3.8) is 0 Å².